The van der Waals surface area contributed by atoms with Gasteiger partial charge in [-0.15, -0.1) is 0 Å². The number of hydrogen-bond acceptors (Lipinski definition) is 9. The number of nitrogens with one attached hydrogen (secondary N) is 1. The zero-order chi connectivity index (χ0) is 25.0. The van der Waals surface area contributed by atoms with Gasteiger partial charge in [-0.2, -0.15) is 18.2 Å². The Morgan fingerprint density at radius 1 is 1.14 bits per heavy atom. The van der Waals surface area contributed by atoms with E-state index in [1.807, 2.05) is 4.90 Å². The summed E-state index contributed by atoms with van der Waals surface area (Å²) >= 11 is 0. The molecule has 0 radical (unpaired) electrons. The summed E-state index contributed by atoms with van der Waals surface area (Å²) in [7, 11) is 0. The predicted octanol–water partition coefficient (Wildman–Crippen LogP) is 3.13. The van der Waals surface area contributed by atoms with E-state index in [4.69, 9.17) is 15.6 Å². The highest BCUT2D eigenvalue weighted by Crippen LogP contribution is 2.38. The Hall–Kier alpha value is -4.00. The second-order valence-electron chi connectivity index (χ2n) is 7.75. The molecule has 4 heterocycles. The molecule has 4 N–H and O–H groups in total. The molecule has 0 bridgehead atoms. The van der Waals surface area contributed by atoms with Gasteiger partial charge in [0.1, 0.15) is 11.6 Å². The summed E-state index contributed by atoms with van der Waals surface area (Å²) < 4.78 is 46.6. The largest absolute Gasteiger partial charge is 0.481 e. The highest BCUT2D eigenvalue weighted by Gasteiger charge is 2.35. The summed E-state index contributed by atoms with van der Waals surface area (Å²) in [5.74, 6) is -0.685. The van der Waals surface area contributed by atoms with Crippen LogP contribution in [-0.4, -0.2) is 57.3 Å². The molecule has 0 aliphatic carbocycles. The Balaban J connectivity index is 1.70. The lowest BCUT2D eigenvalue weighted by atomic mass is 10.1. The van der Waals surface area contributed by atoms with Crippen LogP contribution in [0.2, 0.25) is 0 Å². The van der Waals surface area contributed by atoms with Crippen molar-refractivity contribution in [3.63, 3.8) is 0 Å². The molecular formula is C22H22F3N7O3. The van der Waals surface area contributed by atoms with E-state index in [-0.39, 0.29) is 41.7 Å². The number of halogens is 3. The number of rotatable bonds is 7. The number of nitrogen functional groups attached to an aromatic ring is 1. The maximum atomic E-state index is 13.8. The van der Waals surface area contributed by atoms with Gasteiger partial charge >= 0.3 is 12.1 Å². The van der Waals surface area contributed by atoms with Gasteiger partial charge in [0, 0.05) is 43.0 Å². The molecule has 0 spiro atoms. The van der Waals surface area contributed by atoms with Crippen LogP contribution in [0.4, 0.5) is 36.4 Å². The van der Waals surface area contributed by atoms with E-state index < -0.39 is 17.7 Å². The minimum absolute atomic E-state index is 0.0230. The number of nitrogens with zero attached hydrogens (tertiary/aromatic N) is 5. The fraction of sp³-hybridized carbons (Fsp3) is 0.318. The van der Waals surface area contributed by atoms with Crippen molar-refractivity contribution in [2.45, 2.75) is 19.0 Å². The lowest BCUT2D eigenvalue weighted by Crippen LogP contribution is -2.37. The number of pyridine rings is 2. The standard InChI is InChI=1S/C22H22F3N7O3/c23-22(24,25)16-9-18(26)28-12-15(16)17-10-19(31-21(30-17)32-5-7-35-8-6-32)29-14-2-1-13(27-11-14)3-4-20(33)34/h1-2,9-12H,3-8H2,(H2,26,28)(H,33,34)(H,29,30,31). The van der Waals surface area contributed by atoms with Gasteiger partial charge in [0.15, 0.2) is 0 Å². The maximum absolute atomic E-state index is 13.8. The topological polar surface area (TPSA) is 139 Å². The molecule has 13 heteroatoms. The Morgan fingerprint density at radius 3 is 2.57 bits per heavy atom. The molecule has 0 unspecified atom stereocenters. The van der Waals surface area contributed by atoms with E-state index in [2.05, 4.69) is 25.3 Å². The quantitative estimate of drug-likeness (QED) is 0.453. The summed E-state index contributed by atoms with van der Waals surface area (Å²) in [4.78, 5) is 29.5. The summed E-state index contributed by atoms with van der Waals surface area (Å²) in [6.45, 7) is 1.84. The van der Waals surface area contributed by atoms with Crippen LogP contribution >= 0.6 is 0 Å². The fourth-order valence-corrected chi connectivity index (χ4v) is 3.48. The van der Waals surface area contributed by atoms with Gasteiger partial charge in [-0.25, -0.2) is 9.97 Å². The second-order valence-corrected chi connectivity index (χ2v) is 7.75. The highest BCUT2D eigenvalue weighted by atomic mass is 19.4. The molecule has 4 rings (SSSR count). The van der Waals surface area contributed by atoms with Crippen molar-refractivity contribution in [3.8, 4) is 11.3 Å². The highest BCUT2D eigenvalue weighted by molar-refractivity contribution is 5.71. The van der Waals surface area contributed by atoms with Crippen LogP contribution in [0.15, 0.2) is 36.7 Å². The number of carbonyl (C=O) groups is 1. The van der Waals surface area contributed by atoms with Gasteiger partial charge in [0.25, 0.3) is 0 Å². The van der Waals surface area contributed by atoms with Crippen LogP contribution in [0.1, 0.15) is 17.7 Å². The number of hydrogen-bond donors (Lipinski definition) is 3. The van der Waals surface area contributed by atoms with Crippen molar-refractivity contribution in [3.05, 3.63) is 47.9 Å². The van der Waals surface area contributed by atoms with Gasteiger partial charge in [0.05, 0.1) is 42.8 Å². The van der Waals surface area contributed by atoms with Crippen molar-refractivity contribution in [1.29, 1.82) is 0 Å². The number of alkyl halides is 3. The SMILES string of the molecule is Nc1cc(C(F)(F)F)c(-c2cc(Nc3ccc(CCC(=O)O)nc3)nc(N3CCOCC3)n2)cn1. The fourth-order valence-electron chi connectivity index (χ4n) is 3.48. The number of aromatic nitrogens is 4. The first-order valence-corrected chi connectivity index (χ1v) is 10.7. The number of carboxylic acids is 1. The number of carboxylic acid groups (broad SMARTS) is 1. The normalized spacial score (nSPS) is 14.1. The number of ether oxygens (including phenoxy) is 1. The average molecular weight is 489 g/mol. The van der Waals surface area contributed by atoms with E-state index in [0.29, 0.717) is 37.7 Å². The van der Waals surface area contributed by atoms with Crippen molar-refractivity contribution in [2.24, 2.45) is 0 Å². The minimum Gasteiger partial charge on any atom is -0.481 e. The van der Waals surface area contributed by atoms with E-state index in [9.17, 15) is 18.0 Å². The molecule has 10 nitrogen and oxygen atoms in total. The summed E-state index contributed by atoms with van der Waals surface area (Å²) in [6, 6.07) is 5.53. The first-order valence-electron chi connectivity index (χ1n) is 10.7. The van der Waals surface area contributed by atoms with Crippen molar-refractivity contribution in [2.75, 3.05) is 42.3 Å². The zero-order valence-electron chi connectivity index (χ0n) is 18.4. The molecule has 1 fully saturated rings. The smallest absolute Gasteiger partial charge is 0.417 e. The van der Waals surface area contributed by atoms with Gasteiger partial charge < -0.3 is 25.8 Å². The monoisotopic (exact) mass is 489 g/mol. The van der Waals surface area contributed by atoms with Crippen LogP contribution in [0.3, 0.4) is 0 Å². The molecule has 35 heavy (non-hydrogen) atoms. The molecule has 1 aliphatic rings. The first kappa shape index (κ1) is 24.1. The van der Waals surface area contributed by atoms with Crippen molar-refractivity contribution in [1.82, 2.24) is 19.9 Å². The zero-order valence-corrected chi connectivity index (χ0v) is 18.4. The Labute approximate surface area is 198 Å². The lowest BCUT2D eigenvalue weighted by Gasteiger charge is -2.27. The molecule has 0 atom stereocenters. The molecule has 3 aromatic rings. The molecule has 1 saturated heterocycles. The third-order valence-electron chi connectivity index (χ3n) is 5.21. The Morgan fingerprint density at radius 2 is 1.91 bits per heavy atom. The summed E-state index contributed by atoms with van der Waals surface area (Å²) in [6.07, 6.45) is -1.89. The third kappa shape index (κ3) is 6.12. The summed E-state index contributed by atoms with van der Waals surface area (Å²) in [5.41, 5.74) is 5.47. The van der Waals surface area contributed by atoms with E-state index >= 15 is 0 Å². The number of aliphatic carboxylic acids is 1. The molecular weight excluding hydrogens is 467 g/mol. The van der Waals surface area contributed by atoms with E-state index in [1.165, 1.54) is 12.3 Å². The third-order valence-corrected chi connectivity index (χ3v) is 5.21. The molecule has 3 aromatic heterocycles. The second kappa shape index (κ2) is 10.1. The predicted molar refractivity (Wildman–Crippen MR) is 121 cm³/mol. The van der Waals surface area contributed by atoms with Crippen molar-refractivity contribution < 1.29 is 27.8 Å². The lowest BCUT2D eigenvalue weighted by molar-refractivity contribution is -0.137. The van der Waals surface area contributed by atoms with Gasteiger partial charge in [-0.1, -0.05) is 0 Å². The Bertz CT molecular complexity index is 1200. The molecule has 1 aliphatic heterocycles. The number of aryl methyl sites for hydroxylation is 1. The number of anilines is 4. The Kier molecular flexibility index (Phi) is 6.96. The molecule has 0 amide bonds. The summed E-state index contributed by atoms with van der Waals surface area (Å²) in [5, 5.41) is 11.9. The maximum Gasteiger partial charge on any atom is 0.417 e. The van der Waals surface area contributed by atoms with Crippen LogP contribution in [0.25, 0.3) is 11.3 Å². The molecule has 0 aromatic carbocycles. The molecule has 0 saturated carbocycles. The van der Waals surface area contributed by atoms with Crippen LogP contribution < -0.4 is 16.0 Å². The van der Waals surface area contributed by atoms with E-state index in [0.717, 1.165) is 12.3 Å². The average Bonchev–Trinajstić information content (AvgIpc) is 2.83. The minimum atomic E-state index is -4.67. The van der Waals surface area contributed by atoms with E-state index in [1.54, 1.807) is 12.1 Å². The van der Waals surface area contributed by atoms with Gasteiger partial charge in [-0.05, 0) is 18.2 Å². The molecule has 184 valence electrons. The first-order chi connectivity index (χ1) is 16.7. The van der Waals surface area contributed by atoms with Crippen LogP contribution in [-0.2, 0) is 22.1 Å². The van der Waals surface area contributed by atoms with Gasteiger partial charge in [0.2, 0.25) is 5.95 Å². The number of nitrogens with two attached hydrogens (primary N) is 1. The van der Waals surface area contributed by atoms with Crippen LogP contribution in [0.5, 0.6) is 0 Å². The van der Waals surface area contributed by atoms with Crippen LogP contribution in [0, 0.1) is 0 Å². The van der Waals surface area contributed by atoms with Crippen molar-refractivity contribution >= 4 is 29.2 Å². The number of morpholine rings is 1. The van der Waals surface area contributed by atoms with Gasteiger partial charge in [-0.3, -0.25) is 9.78 Å².